The third kappa shape index (κ3) is 1.20. The first-order valence-electron chi connectivity index (χ1n) is 8.02. The molecular formula is C21H24. The van der Waals surface area contributed by atoms with E-state index in [0.29, 0.717) is 5.92 Å². The van der Waals surface area contributed by atoms with Crippen LogP contribution in [0.1, 0.15) is 62.8 Å². The fourth-order valence-corrected chi connectivity index (χ4v) is 5.18. The van der Waals surface area contributed by atoms with Crippen molar-refractivity contribution in [3.05, 3.63) is 70.8 Å². The second-order valence-electron chi connectivity index (χ2n) is 8.08. The van der Waals surface area contributed by atoms with Gasteiger partial charge in [0.25, 0.3) is 0 Å². The van der Waals surface area contributed by atoms with Crippen molar-refractivity contribution in [1.29, 1.82) is 0 Å². The van der Waals surface area contributed by atoms with E-state index in [1.807, 2.05) is 0 Å². The van der Waals surface area contributed by atoms with Gasteiger partial charge in [0.05, 0.1) is 0 Å². The van der Waals surface area contributed by atoms with E-state index in [1.165, 1.54) is 11.1 Å². The molecule has 3 aliphatic carbocycles. The molecule has 0 spiro atoms. The minimum Gasteiger partial charge on any atom is -0.0620 e. The molecule has 3 aliphatic rings. The molecule has 0 nitrogen and oxygen atoms in total. The smallest absolute Gasteiger partial charge is 0.0237 e. The summed E-state index contributed by atoms with van der Waals surface area (Å²) in [4.78, 5) is 0. The third-order valence-electron chi connectivity index (χ3n) is 7.20. The Balaban J connectivity index is 2.21. The maximum atomic E-state index is 2.46. The first kappa shape index (κ1) is 13.1. The number of fused-ring (bicyclic) bond motifs is 1. The molecule has 0 unspecified atom stereocenters. The Morgan fingerprint density at radius 3 is 1.57 bits per heavy atom. The van der Waals surface area contributed by atoms with Crippen molar-refractivity contribution >= 4 is 0 Å². The molecule has 2 aromatic carbocycles. The number of hydrogen-bond donors (Lipinski definition) is 0. The predicted octanol–water partition coefficient (Wildman–Crippen LogP) is 5.50. The lowest BCUT2D eigenvalue weighted by Crippen LogP contribution is -2.60. The lowest BCUT2D eigenvalue weighted by molar-refractivity contribution is -0.00539. The van der Waals surface area contributed by atoms with E-state index >= 15 is 0 Å². The first-order chi connectivity index (χ1) is 9.83. The van der Waals surface area contributed by atoms with Crippen molar-refractivity contribution in [1.82, 2.24) is 0 Å². The topological polar surface area (TPSA) is 0 Å². The summed E-state index contributed by atoms with van der Waals surface area (Å²) in [6.45, 7) is 12.3. The standard InChI is InChI=1S/C21H24/c1-19(2)18-14-10-6-8-12-16(14)21(5,20(19,3)4)17-13-9-7-11-15(17)18/h6-13,18H,1-5H3. The van der Waals surface area contributed by atoms with Crippen LogP contribution >= 0.6 is 0 Å². The van der Waals surface area contributed by atoms with Gasteiger partial charge in [-0.3, -0.25) is 0 Å². The minimum atomic E-state index is 0.0818. The van der Waals surface area contributed by atoms with Gasteiger partial charge in [0, 0.05) is 11.3 Å². The van der Waals surface area contributed by atoms with Crippen molar-refractivity contribution in [2.24, 2.45) is 10.8 Å². The molecule has 0 saturated heterocycles. The predicted molar refractivity (Wildman–Crippen MR) is 88.7 cm³/mol. The highest BCUT2D eigenvalue weighted by Gasteiger charge is 2.64. The molecule has 0 N–H and O–H groups in total. The highest BCUT2D eigenvalue weighted by Crippen LogP contribution is 2.71. The van der Waals surface area contributed by atoms with Gasteiger partial charge in [0.1, 0.15) is 0 Å². The Kier molecular flexibility index (Phi) is 2.25. The summed E-state index contributed by atoms with van der Waals surface area (Å²) in [6, 6.07) is 18.2. The van der Waals surface area contributed by atoms with Gasteiger partial charge in [0.2, 0.25) is 0 Å². The number of benzene rings is 2. The molecular weight excluding hydrogens is 252 g/mol. The Morgan fingerprint density at radius 2 is 1.10 bits per heavy atom. The highest BCUT2D eigenvalue weighted by molar-refractivity contribution is 5.62. The van der Waals surface area contributed by atoms with Gasteiger partial charge in [-0.2, -0.15) is 0 Å². The normalized spacial score (nSPS) is 30.6. The average molecular weight is 276 g/mol. The Morgan fingerprint density at radius 1 is 0.667 bits per heavy atom. The van der Waals surface area contributed by atoms with Crippen molar-refractivity contribution in [3.63, 3.8) is 0 Å². The Bertz CT molecular complexity index is 686. The lowest BCUT2D eigenvalue weighted by atomic mass is 9.37. The quantitative estimate of drug-likeness (QED) is 0.595. The summed E-state index contributed by atoms with van der Waals surface area (Å²) < 4.78 is 0. The Labute approximate surface area is 128 Å². The van der Waals surface area contributed by atoms with Crippen molar-refractivity contribution < 1.29 is 0 Å². The number of hydrogen-bond acceptors (Lipinski definition) is 0. The van der Waals surface area contributed by atoms with Crippen LogP contribution < -0.4 is 0 Å². The maximum absolute atomic E-state index is 2.46. The molecule has 0 amide bonds. The SMILES string of the molecule is CC12c3ccccc3C(c3ccccc31)C(C)(C)C2(C)C. The van der Waals surface area contributed by atoms with Crippen LogP contribution in [-0.4, -0.2) is 0 Å². The number of rotatable bonds is 0. The fourth-order valence-electron chi connectivity index (χ4n) is 5.18. The second-order valence-corrected chi connectivity index (χ2v) is 8.08. The molecule has 2 bridgehead atoms. The summed E-state index contributed by atoms with van der Waals surface area (Å²) in [5.41, 5.74) is 6.71. The second kappa shape index (κ2) is 3.61. The summed E-state index contributed by atoms with van der Waals surface area (Å²) >= 11 is 0. The van der Waals surface area contributed by atoms with E-state index in [2.05, 4.69) is 83.1 Å². The molecule has 0 aromatic heterocycles. The van der Waals surface area contributed by atoms with E-state index in [4.69, 9.17) is 0 Å². The maximum Gasteiger partial charge on any atom is 0.0237 e. The van der Waals surface area contributed by atoms with Crippen LogP contribution in [0.5, 0.6) is 0 Å². The van der Waals surface area contributed by atoms with Crippen LogP contribution in [0, 0.1) is 10.8 Å². The highest BCUT2D eigenvalue weighted by atomic mass is 14.7. The molecule has 0 heteroatoms. The van der Waals surface area contributed by atoms with Crippen LogP contribution in [0.15, 0.2) is 48.5 Å². The van der Waals surface area contributed by atoms with Crippen LogP contribution in [-0.2, 0) is 5.41 Å². The molecule has 0 atom stereocenters. The monoisotopic (exact) mass is 276 g/mol. The molecule has 108 valence electrons. The van der Waals surface area contributed by atoms with Gasteiger partial charge < -0.3 is 0 Å². The fraction of sp³-hybridized carbons (Fsp3) is 0.429. The molecule has 0 radical (unpaired) electrons. The molecule has 21 heavy (non-hydrogen) atoms. The van der Waals surface area contributed by atoms with Crippen LogP contribution in [0.25, 0.3) is 0 Å². The largest absolute Gasteiger partial charge is 0.0620 e. The zero-order valence-corrected chi connectivity index (χ0v) is 13.7. The van der Waals surface area contributed by atoms with Crippen LogP contribution in [0.2, 0.25) is 0 Å². The summed E-state index contributed by atoms with van der Waals surface area (Å²) in [5, 5.41) is 0. The van der Waals surface area contributed by atoms with Gasteiger partial charge in [0.15, 0.2) is 0 Å². The van der Waals surface area contributed by atoms with E-state index in [1.54, 1.807) is 11.1 Å². The van der Waals surface area contributed by atoms with Crippen molar-refractivity contribution in [2.45, 2.75) is 46.0 Å². The summed E-state index contributed by atoms with van der Waals surface area (Å²) in [6.07, 6.45) is 0. The Hall–Kier alpha value is -1.56. The summed E-state index contributed by atoms with van der Waals surface area (Å²) in [5.74, 6) is 0.502. The average Bonchev–Trinajstić information content (AvgIpc) is 2.46. The molecule has 0 aliphatic heterocycles. The molecule has 5 rings (SSSR count). The molecule has 2 aromatic rings. The first-order valence-corrected chi connectivity index (χ1v) is 8.02. The van der Waals surface area contributed by atoms with E-state index in [-0.39, 0.29) is 16.2 Å². The van der Waals surface area contributed by atoms with Crippen molar-refractivity contribution in [2.75, 3.05) is 0 Å². The van der Waals surface area contributed by atoms with E-state index in [0.717, 1.165) is 0 Å². The molecule has 0 heterocycles. The van der Waals surface area contributed by atoms with Crippen LogP contribution in [0.3, 0.4) is 0 Å². The zero-order chi connectivity index (χ0) is 15.0. The van der Waals surface area contributed by atoms with Gasteiger partial charge in [-0.15, -0.1) is 0 Å². The molecule has 0 saturated carbocycles. The van der Waals surface area contributed by atoms with Gasteiger partial charge in [-0.25, -0.2) is 0 Å². The van der Waals surface area contributed by atoms with Gasteiger partial charge in [-0.1, -0.05) is 83.1 Å². The minimum absolute atomic E-state index is 0.0818. The van der Waals surface area contributed by atoms with Gasteiger partial charge >= 0.3 is 0 Å². The zero-order valence-electron chi connectivity index (χ0n) is 13.7. The van der Waals surface area contributed by atoms with Crippen LogP contribution in [0.4, 0.5) is 0 Å². The molecule has 0 fully saturated rings. The lowest BCUT2D eigenvalue weighted by Gasteiger charge is -2.66. The van der Waals surface area contributed by atoms with E-state index in [9.17, 15) is 0 Å². The third-order valence-corrected chi connectivity index (χ3v) is 7.20. The summed E-state index contributed by atoms with van der Waals surface area (Å²) in [7, 11) is 0. The van der Waals surface area contributed by atoms with Crippen molar-refractivity contribution in [3.8, 4) is 0 Å². The van der Waals surface area contributed by atoms with E-state index < -0.39 is 0 Å². The van der Waals surface area contributed by atoms with Gasteiger partial charge in [-0.05, 0) is 33.1 Å².